The molecule has 40 nitrogen and oxygen atoms in total. The van der Waals surface area contributed by atoms with Crippen LogP contribution in [0.4, 0.5) is 0 Å². The van der Waals surface area contributed by atoms with Crippen LogP contribution >= 0.6 is 0 Å². The van der Waals surface area contributed by atoms with E-state index in [1.165, 1.54) is 25.6 Å². The Bertz CT molecular complexity index is 3600. The molecule has 4 fully saturated rings. The first-order valence-corrected chi connectivity index (χ1v) is 37.4. The van der Waals surface area contributed by atoms with Gasteiger partial charge in [-0.1, -0.05) is 76.1 Å². The van der Waals surface area contributed by atoms with Crippen LogP contribution in [0.3, 0.4) is 0 Å². The summed E-state index contributed by atoms with van der Waals surface area (Å²) in [6.07, 6.45) is 0.278. The molecule has 0 radical (unpaired) electrons. The lowest BCUT2D eigenvalue weighted by molar-refractivity contribution is -0.149. The molecule has 5 heterocycles. The fourth-order valence-electron chi connectivity index (χ4n) is 13.4. The van der Waals surface area contributed by atoms with Gasteiger partial charge >= 0.3 is 11.9 Å². The molecule has 1 aromatic carbocycles. The Morgan fingerprint density at radius 2 is 1.21 bits per heavy atom. The second-order valence-corrected chi connectivity index (χ2v) is 28.3. The lowest BCUT2D eigenvalue weighted by Crippen LogP contribution is -2.62. The Balaban J connectivity index is 1.31. The molecule has 4 aliphatic heterocycles. The number of likely N-dealkylation sites (tertiary alicyclic amines) is 1. The summed E-state index contributed by atoms with van der Waals surface area (Å²) in [6, 6.07) is -10.5. The molecule has 16 atom stereocenters. The summed E-state index contributed by atoms with van der Waals surface area (Å²) >= 11 is 0. The van der Waals surface area contributed by atoms with Gasteiger partial charge in [0.05, 0.1) is 37.4 Å². The number of aliphatic imine (C=N–C) groups is 1. The molecule has 0 bridgehead atoms. The molecule has 40 heteroatoms. The number of amides is 13. The highest BCUT2D eigenvalue weighted by molar-refractivity contribution is 6.00. The minimum absolute atomic E-state index is 0.0269. The van der Waals surface area contributed by atoms with Crippen LogP contribution in [-0.4, -0.2) is 275 Å². The molecular weight excluding hydrogens is 1440 g/mol. The number of nitrogens with one attached hydrogen (secondary N) is 10. The van der Waals surface area contributed by atoms with Crippen molar-refractivity contribution in [2.45, 2.75) is 235 Å². The molecule has 0 saturated carbocycles. The van der Waals surface area contributed by atoms with Gasteiger partial charge in [-0.3, -0.25) is 76.8 Å². The standard InChI is InChI=1S/C70H109N21O19/c1-6-37(3)54-64(104)76-34-52(94)77-43(20-13-26-75-70(73)74)58(98)78-45(24-30-88-35-41(86-87-88)32-42(72)57(97)80-46(31-40-17-9-8-10-18-40)66(106)89-27-14-21-49(89)62(102)81-47(69(109)110)33-53(95)96)60(100)85-56(39(5)93)65(105)79-44(19-11-12-25-71)59(99)82-48(36-92)61(101)84-55(38(4)7-2)68(108)91-29-16-23-51(91)67(107)90-28-15-22-50(90)63(103)83-54/h8-10,17-18,35,37-39,42-51,54-56,92-93H,6-7,11-16,19-34,36,71-72H2,1-5H3,(H,76,104)(H,77,94)(H,78,98)(H,79,105)(H,80,97)(H,81,102)(H,82,99)(H,83,103)(H,84,101)(H,85,100)(H,95,96)(H,109,110)(H4,73,74,75)/t37-,38-,39+,42-,43-,44-,45-,46-,47-,48-,49-,50-,51-,54-,55-,56-/m0/s1. The molecular formula is C70H109N21O19. The van der Waals surface area contributed by atoms with E-state index >= 15 is 0 Å². The zero-order chi connectivity index (χ0) is 81.1. The average Bonchev–Trinajstić information content (AvgIpc) is 1.61. The predicted octanol–water partition coefficient (Wildman–Crippen LogP) is -6.55. The molecule has 22 N–H and O–H groups in total. The van der Waals surface area contributed by atoms with E-state index in [2.05, 4.69) is 68.5 Å². The van der Waals surface area contributed by atoms with Crippen LogP contribution in [0.1, 0.15) is 142 Å². The number of aromatic nitrogens is 3. The topological polar surface area (TPSA) is 614 Å². The van der Waals surface area contributed by atoms with E-state index in [9.17, 15) is 92.3 Å². The van der Waals surface area contributed by atoms with E-state index in [1.807, 2.05) is 0 Å². The lowest BCUT2D eigenvalue weighted by atomic mass is 9.96. The number of benzene rings is 1. The van der Waals surface area contributed by atoms with E-state index in [0.29, 0.717) is 44.1 Å². The monoisotopic (exact) mass is 1550 g/mol. The zero-order valence-electron chi connectivity index (χ0n) is 62.7. The van der Waals surface area contributed by atoms with Gasteiger partial charge in [-0.05, 0) is 108 Å². The van der Waals surface area contributed by atoms with Gasteiger partial charge in [0.2, 0.25) is 76.8 Å². The van der Waals surface area contributed by atoms with Crippen LogP contribution in [0.2, 0.25) is 0 Å². The largest absolute Gasteiger partial charge is 0.481 e. The van der Waals surface area contributed by atoms with Crippen molar-refractivity contribution < 1.29 is 92.3 Å². The Morgan fingerprint density at radius 3 is 1.84 bits per heavy atom. The first-order valence-electron chi connectivity index (χ1n) is 37.4. The van der Waals surface area contributed by atoms with Crippen molar-refractivity contribution in [2.24, 2.45) is 39.8 Å². The van der Waals surface area contributed by atoms with E-state index in [1.54, 1.807) is 58.0 Å². The van der Waals surface area contributed by atoms with Gasteiger partial charge < -0.3 is 111 Å². The number of unbranched alkanes of at least 4 members (excludes halogenated alkanes) is 1. The summed E-state index contributed by atoms with van der Waals surface area (Å²) in [5.74, 6) is -15.9. The van der Waals surface area contributed by atoms with Gasteiger partial charge in [-0.25, -0.2) is 4.79 Å². The minimum atomic E-state index is -1.92. The van der Waals surface area contributed by atoms with Crippen LogP contribution in [0.5, 0.6) is 0 Å². The van der Waals surface area contributed by atoms with Crippen LogP contribution in [-0.2, 0) is 91.3 Å². The third-order valence-electron chi connectivity index (χ3n) is 20.1. The molecule has 4 saturated heterocycles. The van der Waals surface area contributed by atoms with Gasteiger partial charge in [0.15, 0.2) is 5.96 Å². The highest BCUT2D eigenvalue weighted by Gasteiger charge is 2.47. The molecule has 608 valence electrons. The van der Waals surface area contributed by atoms with Crippen LogP contribution < -0.4 is 76.1 Å². The summed E-state index contributed by atoms with van der Waals surface area (Å²) in [5, 5.41) is 74.5. The summed E-state index contributed by atoms with van der Waals surface area (Å²) in [5.41, 5.74) is 24.1. The van der Waals surface area contributed by atoms with Crippen LogP contribution in [0, 0.1) is 11.8 Å². The van der Waals surface area contributed by atoms with Crippen molar-refractivity contribution >= 4 is 94.7 Å². The van der Waals surface area contributed by atoms with E-state index < -0.39 is 211 Å². The Morgan fingerprint density at radius 1 is 0.636 bits per heavy atom. The quantitative estimate of drug-likeness (QED) is 0.0205. The number of nitrogens with two attached hydrogens (primary N) is 4. The van der Waals surface area contributed by atoms with Gasteiger partial charge in [-0.15, -0.1) is 5.10 Å². The third-order valence-corrected chi connectivity index (χ3v) is 20.1. The number of carboxylic acids is 2. The van der Waals surface area contributed by atoms with Crippen LogP contribution in [0.25, 0.3) is 0 Å². The number of rotatable bonds is 29. The second-order valence-electron chi connectivity index (χ2n) is 28.3. The van der Waals surface area contributed by atoms with Crippen LogP contribution in [0.15, 0.2) is 41.5 Å². The maximum absolute atomic E-state index is 14.9. The summed E-state index contributed by atoms with van der Waals surface area (Å²) in [4.78, 5) is 218. The van der Waals surface area contributed by atoms with Gasteiger partial charge in [0.1, 0.15) is 72.5 Å². The molecule has 110 heavy (non-hydrogen) atoms. The van der Waals surface area contributed by atoms with E-state index in [4.69, 9.17) is 22.9 Å². The Hall–Kier alpha value is -10.5. The molecule has 6 rings (SSSR count). The van der Waals surface area contributed by atoms with Gasteiger partial charge in [0.25, 0.3) is 0 Å². The smallest absolute Gasteiger partial charge is 0.326 e. The highest BCUT2D eigenvalue weighted by atomic mass is 16.4. The number of hydrogen-bond acceptors (Lipinski definition) is 22. The normalized spacial score (nSPS) is 24.9. The maximum atomic E-state index is 14.9. The number of aliphatic hydroxyl groups is 2. The maximum Gasteiger partial charge on any atom is 0.326 e. The summed E-state index contributed by atoms with van der Waals surface area (Å²) in [6.45, 7) is 6.31. The van der Waals surface area contributed by atoms with E-state index in [0.717, 1.165) is 6.92 Å². The van der Waals surface area contributed by atoms with Crippen molar-refractivity contribution in [1.82, 2.24) is 82.9 Å². The average molecular weight is 1550 g/mol. The Kier molecular flexibility index (Phi) is 34.6. The first-order chi connectivity index (χ1) is 52.3. The number of guanidine groups is 1. The predicted molar refractivity (Wildman–Crippen MR) is 391 cm³/mol. The zero-order valence-corrected chi connectivity index (χ0v) is 62.7. The van der Waals surface area contributed by atoms with Crippen molar-refractivity contribution in [1.29, 1.82) is 0 Å². The third kappa shape index (κ3) is 25.6. The molecule has 13 amide bonds. The summed E-state index contributed by atoms with van der Waals surface area (Å²) < 4.78 is 1.21. The minimum Gasteiger partial charge on any atom is -0.481 e. The molecule has 0 spiro atoms. The fraction of sp³-hybridized carbons (Fsp3) is 0.657. The SMILES string of the molecule is CC[C@H](C)[C@@H]1NC(=O)[C@@H]2CCCN2C(=O)[C@@H]2CCCN2C(=O)[C@H]([C@@H](C)CC)NC(=O)[C@H](CO)NC(=O)[C@H](CCCCN)NC(=O)[C@H]([C@@H](C)O)NC(=O)[C@H](CCn2cc(C[C@H](N)C(=O)N[C@@H](Cc3ccccc3)C(=O)N3CCC[C@H]3C(=O)N[C@@H](CC(=O)O)C(=O)O)nn2)NC(=O)[C@H](CCCN=C(N)N)NC(=O)CNC1=O. The summed E-state index contributed by atoms with van der Waals surface area (Å²) in [7, 11) is 0. The first kappa shape index (κ1) is 88.4. The molecule has 1 aromatic heterocycles. The molecule has 2 aromatic rings. The number of aryl methyl sites for hydroxylation is 1. The van der Waals surface area contributed by atoms with Crippen molar-refractivity contribution in [3.8, 4) is 0 Å². The molecule has 4 aliphatic rings. The van der Waals surface area contributed by atoms with Crippen molar-refractivity contribution in [3.63, 3.8) is 0 Å². The van der Waals surface area contributed by atoms with Crippen molar-refractivity contribution in [3.05, 3.63) is 47.8 Å². The number of carboxylic acid groups (broad SMARTS) is 2. The number of fused-ring (bicyclic) bond motifs is 2. The number of carbonyl (C=O) groups is 15. The fourth-order valence-corrected chi connectivity index (χ4v) is 13.4. The molecule has 0 aliphatic carbocycles. The number of nitrogens with zero attached hydrogens (tertiary/aromatic N) is 7. The molecule has 0 unspecified atom stereocenters. The number of carbonyl (C=O) groups excluding carboxylic acids is 13. The lowest BCUT2D eigenvalue weighted by Gasteiger charge is -2.35. The number of aliphatic carboxylic acids is 2. The number of hydrogen-bond donors (Lipinski definition) is 18. The number of aliphatic hydroxyl groups excluding tert-OH is 2. The van der Waals surface area contributed by atoms with Crippen molar-refractivity contribution in [2.75, 3.05) is 45.9 Å². The van der Waals surface area contributed by atoms with Gasteiger partial charge in [-0.2, -0.15) is 0 Å². The second kappa shape index (κ2) is 43.1. The highest BCUT2D eigenvalue weighted by Crippen LogP contribution is 2.28. The van der Waals surface area contributed by atoms with Gasteiger partial charge in [0, 0.05) is 51.8 Å². The Labute approximate surface area is 636 Å². The van der Waals surface area contributed by atoms with E-state index in [-0.39, 0.29) is 109 Å².